The molecule has 0 aromatic carbocycles. The third-order valence-corrected chi connectivity index (χ3v) is 7.57. The van der Waals surface area contributed by atoms with Crippen molar-refractivity contribution in [2.45, 2.75) is 6.92 Å². The Morgan fingerprint density at radius 2 is 2.00 bits per heavy atom. The van der Waals surface area contributed by atoms with Crippen molar-refractivity contribution in [1.29, 1.82) is 0 Å². The molecule has 13 heavy (non-hydrogen) atoms. The molecule has 2 rings (SSSR count). The molecule has 0 radical (unpaired) electrons. The second-order valence-electron chi connectivity index (χ2n) is 4.12. The van der Waals surface area contributed by atoms with E-state index in [0.717, 1.165) is 43.8 Å². The minimum absolute atomic E-state index is 0.750. The van der Waals surface area contributed by atoms with Crippen LogP contribution in [0.3, 0.4) is 0 Å². The topological polar surface area (TPSA) is 32.3 Å². The molecule has 3 unspecified atom stereocenters. The van der Waals surface area contributed by atoms with Crippen LogP contribution in [0.5, 0.6) is 0 Å². The van der Waals surface area contributed by atoms with E-state index in [4.69, 9.17) is 0 Å². The first kappa shape index (κ1) is 10.0. The van der Waals surface area contributed by atoms with Crippen molar-refractivity contribution < 1.29 is 4.21 Å². The van der Waals surface area contributed by atoms with Crippen LogP contribution in [-0.2, 0) is 9.74 Å². The lowest BCUT2D eigenvalue weighted by Gasteiger charge is -2.29. The largest absolute Gasteiger partial charge is 0.316 e. The molecule has 0 amide bonds. The van der Waals surface area contributed by atoms with Crippen LogP contribution in [-0.4, -0.2) is 40.4 Å². The van der Waals surface area contributed by atoms with Crippen LogP contribution in [0.4, 0.5) is 0 Å². The molecule has 5 heteroatoms. The van der Waals surface area contributed by atoms with E-state index in [2.05, 4.69) is 18.1 Å². The van der Waals surface area contributed by atoms with E-state index in [1.807, 2.05) is 6.92 Å². The predicted molar refractivity (Wildman–Crippen MR) is 61.2 cm³/mol. The summed E-state index contributed by atoms with van der Waals surface area (Å²) in [5.41, 5.74) is 0. The zero-order chi connectivity index (χ0) is 9.47. The fourth-order valence-electron chi connectivity index (χ4n) is 2.31. The zero-order valence-electron chi connectivity index (χ0n) is 8.07. The number of thiol groups is 1. The van der Waals surface area contributed by atoms with Crippen LogP contribution in [0.15, 0.2) is 0 Å². The second kappa shape index (κ2) is 3.58. The number of fused-ring (bicyclic) bond motifs is 1. The summed E-state index contributed by atoms with van der Waals surface area (Å²) >= 11 is 0. The normalized spacial score (nSPS) is 36.5. The molecule has 0 spiro atoms. The molecule has 0 aliphatic carbocycles. The van der Waals surface area contributed by atoms with Gasteiger partial charge in [0.15, 0.2) is 0 Å². The van der Waals surface area contributed by atoms with E-state index in [-0.39, 0.29) is 0 Å². The van der Waals surface area contributed by atoms with Crippen molar-refractivity contribution in [1.82, 2.24) is 9.62 Å². The highest BCUT2D eigenvalue weighted by atomic mass is 32.8. The van der Waals surface area contributed by atoms with Crippen LogP contribution in [0, 0.1) is 11.8 Å². The van der Waals surface area contributed by atoms with Gasteiger partial charge in [-0.2, -0.15) is 0 Å². The maximum atomic E-state index is 12.1. The van der Waals surface area contributed by atoms with Gasteiger partial charge in [-0.1, -0.05) is 15.4 Å². The Labute approximate surface area is 83.1 Å². The molecule has 2 saturated heterocycles. The quantitative estimate of drug-likeness (QED) is 0.504. The molecule has 0 bridgehead atoms. The lowest BCUT2D eigenvalue weighted by Crippen LogP contribution is -2.34. The minimum Gasteiger partial charge on any atom is -0.316 e. The molecular formula is C8H19N2OPS. The molecule has 0 saturated carbocycles. The summed E-state index contributed by atoms with van der Waals surface area (Å²) in [6, 6.07) is 0. The van der Waals surface area contributed by atoms with Crippen LogP contribution in [0.2, 0.25) is 0 Å². The second-order valence-corrected chi connectivity index (χ2v) is 9.25. The number of rotatable bonds is 2. The Balaban J connectivity index is 2.03. The number of nitrogens with zero attached hydrogens (tertiary/aromatic N) is 1. The first-order valence-electron chi connectivity index (χ1n) is 4.97. The van der Waals surface area contributed by atoms with Gasteiger partial charge in [-0.25, -0.2) is 4.31 Å². The smallest absolute Gasteiger partial charge is 0.0141 e. The SMILES string of the molecule is CC[SH](=O)(P)N1CC2CNCC2C1. The molecule has 2 heterocycles. The summed E-state index contributed by atoms with van der Waals surface area (Å²) in [6.07, 6.45) is 0. The summed E-state index contributed by atoms with van der Waals surface area (Å²) in [5.74, 6) is 2.28. The van der Waals surface area contributed by atoms with Gasteiger partial charge in [-0.15, -0.1) is 0 Å². The van der Waals surface area contributed by atoms with Crippen molar-refractivity contribution >= 4 is 18.2 Å². The van der Waals surface area contributed by atoms with E-state index in [1.54, 1.807) is 0 Å². The Morgan fingerprint density at radius 3 is 2.46 bits per heavy atom. The zero-order valence-corrected chi connectivity index (χ0v) is 10.1. The van der Waals surface area contributed by atoms with E-state index in [0.29, 0.717) is 0 Å². The molecule has 2 aliphatic rings. The highest BCUT2D eigenvalue weighted by molar-refractivity contribution is 8.43. The third-order valence-electron chi connectivity index (χ3n) is 3.30. The first-order valence-corrected chi connectivity index (χ1v) is 8.43. The predicted octanol–water partition coefficient (Wildman–Crippen LogP) is -0.121. The Morgan fingerprint density at radius 1 is 1.46 bits per heavy atom. The highest BCUT2D eigenvalue weighted by Gasteiger charge is 2.38. The van der Waals surface area contributed by atoms with Crippen molar-refractivity contribution in [2.75, 3.05) is 31.9 Å². The Kier molecular flexibility index (Phi) is 2.76. The monoisotopic (exact) mass is 222 g/mol. The summed E-state index contributed by atoms with van der Waals surface area (Å²) < 4.78 is 14.3. The molecule has 78 valence electrons. The Bertz CT molecular complexity index is 236. The molecule has 0 aromatic rings. The molecule has 3 atom stereocenters. The van der Waals surface area contributed by atoms with Gasteiger partial charge in [-0.05, 0) is 34.7 Å². The number of hydrogen-bond acceptors (Lipinski definition) is 2. The molecule has 2 fully saturated rings. The summed E-state index contributed by atoms with van der Waals surface area (Å²) in [4.78, 5) is 0. The Hall–Kier alpha value is 0.500. The highest BCUT2D eigenvalue weighted by Crippen LogP contribution is 2.33. The van der Waals surface area contributed by atoms with Crippen molar-refractivity contribution in [2.24, 2.45) is 11.8 Å². The van der Waals surface area contributed by atoms with Gasteiger partial charge < -0.3 is 5.32 Å². The fraction of sp³-hybridized carbons (Fsp3) is 1.00. The summed E-state index contributed by atoms with van der Waals surface area (Å²) in [5, 5.41) is 3.39. The lowest BCUT2D eigenvalue weighted by molar-refractivity contribution is 0.487. The van der Waals surface area contributed by atoms with E-state index in [9.17, 15) is 4.21 Å². The third kappa shape index (κ3) is 1.82. The van der Waals surface area contributed by atoms with Crippen molar-refractivity contribution in [3.63, 3.8) is 0 Å². The van der Waals surface area contributed by atoms with Crippen molar-refractivity contribution in [3.8, 4) is 0 Å². The molecule has 2 aliphatic heterocycles. The van der Waals surface area contributed by atoms with E-state index >= 15 is 0 Å². The maximum Gasteiger partial charge on any atom is 0.0141 e. The van der Waals surface area contributed by atoms with Crippen LogP contribution in [0.25, 0.3) is 0 Å². The van der Waals surface area contributed by atoms with Crippen LogP contribution < -0.4 is 5.32 Å². The maximum absolute atomic E-state index is 12.1. The summed E-state index contributed by atoms with van der Waals surface area (Å²) in [6.45, 7) is 6.32. The van der Waals surface area contributed by atoms with Gasteiger partial charge in [0, 0.05) is 18.8 Å². The lowest BCUT2D eigenvalue weighted by atomic mass is 10.0. The van der Waals surface area contributed by atoms with Crippen LogP contribution >= 0.6 is 8.44 Å². The van der Waals surface area contributed by atoms with E-state index < -0.39 is 9.74 Å². The molecule has 1 N–H and O–H groups in total. The average molecular weight is 222 g/mol. The summed E-state index contributed by atoms with van der Waals surface area (Å²) in [7, 11) is 0.521. The number of nitrogens with one attached hydrogen (secondary N) is 1. The van der Waals surface area contributed by atoms with Gasteiger partial charge in [0.05, 0.1) is 0 Å². The van der Waals surface area contributed by atoms with Gasteiger partial charge in [0.25, 0.3) is 0 Å². The average Bonchev–Trinajstić information content (AvgIpc) is 2.61. The minimum atomic E-state index is -2.05. The van der Waals surface area contributed by atoms with Gasteiger partial charge in [-0.3, -0.25) is 4.21 Å². The van der Waals surface area contributed by atoms with E-state index in [1.165, 1.54) is 0 Å². The van der Waals surface area contributed by atoms with Crippen LogP contribution in [0.1, 0.15) is 6.92 Å². The standard InChI is InChI=1S/C8H19N2OPS/c1-2-13(11,12)10-5-7-3-9-4-8(7)6-10/h7-9,13H,2-6,12H2,1H3. The molecule has 3 nitrogen and oxygen atoms in total. The van der Waals surface area contributed by atoms with Crippen molar-refractivity contribution in [3.05, 3.63) is 0 Å². The first-order chi connectivity index (χ1) is 6.13. The molecular weight excluding hydrogens is 203 g/mol. The van der Waals surface area contributed by atoms with Gasteiger partial charge >= 0.3 is 0 Å². The molecule has 0 aromatic heterocycles. The van der Waals surface area contributed by atoms with Gasteiger partial charge in [0.1, 0.15) is 0 Å². The van der Waals surface area contributed by atoms with Gasteiger partial charge in [0.2, 0.25) is 0 Å². The fourth-order valence-corrected chi connectivity index (χ4v) is 4.25. The number of hydrogen-bond donors (Lipinski definition) is 2.